The summed E-state index contributed by atoms with van der Waals surface area (Å²) < 4.78 is 2.67. The fourth-order valence-corrected chi connectivity index (χ4v) is 12.9. The van der Waals surface area contributed by atoms with Gasteiger partial charge in [-0.2, -0.15) is 0 Å². The number of aryl methyl sites for hydroxylation is 4. The smallest absolute Gasteiger partial charge is 0.254 e. The van der Waals surface area contributed by atoms with E-state index in [2.05, 4.69) is 217 Å². The molecule has 0 amide bonds. The van der Waals surface area contributed by atoms with Crippen molar-refractivity contribution < 1.29 is 0 Å². The molecule has 0 atom stereocenters. The van der Waals surface area contributed by atoms with Crippen molar-refractivity contribution in [3.63, 3.8) is 0 Å². The number of rotatable bonds is 4. The number of benzene rings is 6. The Balaban J connectivity index is 1.36. The zero-order valence-electron chi connectivity index (χ0n) is 40.7. The van der Waals surface area contributed by atoms with E-state index in [1.165, 1.54) is 125 Å². The SMILES string of the molecule is Cc1cc(C(C)(C)C)cc(C)c1N1c2cc(-c3cc4ccccc4s3)ccc2B2c3c1cc(C(C)C)cc3N(c1c(C)cc(C(C)(C)C)cc1C)c1sc3ccc(C(C)(C)C)cc3c12. The Labute approximate surface area is 391 Å². The lowest BCUT2D eigenvalue weighted by Gasteiger charge is -2.45. The highest BCUT2D eigenvalue weighted by Crippen LogP contribution is 2.52. The molecule has 2 aliphatic heterocycles. The van der Waals surface area contributed by atoms with Crippen molar-refractivity contribution in [2.24, 2.45) is 0 Å². The normalized spacial score (nSPS) is 13.9. The lowest BCUT2D eigenvalue weighted by Crippen LogP contribution is -2.61. The van der Waals surface area contributed by atoms with Crippen molar-refractivity contribution in [1.82, 2.24) is 0 Å². The van der Waals surface area contributed by atoms with Gasteiger partial charge in [-0.25, -0.2) is 0 Å². The van der Waals surface area contributed by atoms with Crippen LogP contribution in [-0.2, 0) is 16.2 Å². The number of anilines is 6. The molecule has 64 heavy (non-hydrogen) atoms. The van der Waals surface area contributed by atoms with E-state index in [0.29, 0.717) is 5.92 Å². The van der Waals surface area contributed by atoms with Crippen molar-refractivity contribution in [2.75, 3.05) is 9.80 Å². The zero-order chi connectivity index (χ0) is 45.5. The first-order valence-corrected chi connectivity index (χ1v) is 24.9. The van der Waals surface area contributed by atoms with Crippen molar-refractivity contribution in [1.29, 1.82) is 0 Å². The fraction of sp³-hybridized carbons (Fsp3) is 0.322. The lowest BCUT2D eigenvalue weighted by atomic mass is 9.33. The maximum atomic E-state index is 2.70. The van der Waals surface area contributed by atoms with Gasteiger partial charge in [0.25, 0.3) is 6.71 Å². The van der Waals surface area contributed by atoms with E-state index >= 15 is 0 Å². The highest BCUT2D eigenvalue weighted by atomic mass is 32.1. The third-order valence-corrected chi connectivity index (χ3v) is 16.5. The molecule has 324 valence electrons. The first-order valence-electron chi connectivity index (χ1n) is 23.3. The standard InChI is InChI=1S/C59H63BN2S2/c1-33(2)40-29-47-53-48(30-40)62(55-36(5)26-43(27-37(55)6)59(13,14)15)56-52(44-32-41(57(7,8)9)21-23-50(44)64-56)60(53)45-22-20-39(51-31-38-18-16-17-19-49(38)63-51)28-46(45)61(47)54-34(3)24-42(25-35(54)4)58(10,11)12/h16-33H,1-15H3. The summed E-state index contributed by atoms with van der Waals surface area (Å²) in [6.45, 7) is 35.2. The van der Waals surface area contributed by atoms with E-state index in [1.807, 2.05) is 22.7 Å². The molecular formula is C59H63BN2S2. The predicted molar refractivity (Wildman–Crippen MR) is 286 cm³/mol. The van der Waals surface area contributed by atoms with Crippen LogP contribution in [0.3, 0.4) is 0 Å². The highest BCUT2D eigenvalue weighted by molar-refractivity contribution is 7.26. The maximum absolute atomic E-state index is 2.70. The van der Waals surface area contributed by atoms with Crippen LogP contribution in [-0.4, -0.2) is 6.71 Å². The quantitative estimate of drug-likeness (QED) is 0.163. The number of hydrogen-bond donors (Lipinski definition) is 0. The van der Waals surface area contributed by atoms with Gasteiger partial charge in [-0.3, -0.25) is 0 Å². The Morgan fingerprint density at radius 2 is 1.06 bits per heavy atom. The Bertz CT molecular complexity index is 3130. The summed E-state index contributed by atoms with van der Waals surface area (Å²) in [4.78, 5) is 6.69. The summed E-state index contributed by atoms with van der Waals surface area (Å²) in [6.07, 6.45) is 0. The molecule has 0 saturated carbocycles. The zero-order valence-corrected chi connectivity index (χ0v) is 42.3. The molecule has 0 aliphatic carbocycles. The van der Waals surface area contributed by atoms with Gasteiger partial charge in [0.05, 0.1) is 16.4 Å². The summed E-state index contributed by atoms with van der Waals surface area (Å²) >= 11 is 3.87. The molecule has 10 rings (SSSR count). The molecule has 0 bridgehead atoms. The largest absolute Gasteiger partial charge is 0.311 e. The number of thiophene rings is 2. The van der Waals surface area contributed by atoms with Gasteiger partial charge < -0.3 is 9.80 Å². The monoisotopic (exact) mass is 874 g/mol. The number of hydrogen-bond acceptors (Lipinski definition) is 4. The van der Waals surface area contributed by atoms with Crippen molar-refractivity contribution in [2.45, 2.75) is 126 Å². The Kier molecular flexibility index (Phi) is 9.84. The first kappa shape index (κ1) is 42.8. The van der Waals surface area contributed by atoms with E-state index in [1.54, 1.807) is 0 Å². The molecular weight excluding hydrogens is 812 g/mol. The van der Waals surface area contributed by atoms with Gasteiger partial charge in [-0.1, -0.05) is 143 Å². The van der Waals surface area contributed by atoms with Crippen molar-refractivity contribution >= 4 is 99.4 Å². The average molecular weight is 875 g/mol. The Morgan fingerprint density at radius 1 is 0.500 bits per heavy atom. The molecule has 0 N–H and O–H groups in total. The average Bonchev–Trinajstić information content (AvgIpc) is 3.82. The fourth-order valence-electron chi connectivity index (χ4n) is 10.6. The van der Waals surface area contributed by atoms with Gasteiger partial charge in [-0.05, 0) is 163 Å². The topological polar surface area (TPSA) is 6.48 Å². The summed E-state index contributed by atoms with van der Waals surface area (Å²) in [7, 11) is 0. The summed E-state index contributed by atoms with van der Waals surface area (Å²) in [5.74, 6) is 0.323. The second-order valence-electron chi connectivity index (χ2n) is 22.4. The second kappa shape index (κ2) is 14.7. The molecule has 0 saturated heterocycles. The maximum Gasteiger partial charge on any atom is 0.254 e. The van der Waals surface area contributed by atoms with Crippen LogP contribution < -0.4 is 26.2 Å². The minimum absolute atomic E-state index is 0.0112. The van der Waals surface area contributed by atoms with Crippen LogP contribution in [0.4, 0.5) is 33.4 Å². The van der Waals surface area contributed by atoms with Crippen LogP contribution in [0.2, 0.25) is 0 Å². The summed E-state index contributed by atoms with van der Waals surface area (Å²) in [5, 5.41) is 4.02. The highest BCUT2D eigenvalue weighted by Gasteiger charge is 2.47. The summed E-state index contributed by atoms with van der Waals surface area (Å²) in [6, 6.07) is 40.9. The molecule has 0 unspecified atom stereocenters. The van der Waals surface area contributed by atoms with Crippen LogP contribution in [0.15, 0.2) is 103 Å². The van der Waals surface area contributed by atoms with E-state index in [9.17, 15) is 0 Å². The van der Waals surface area contributed by atoms with Crippen LogP contribution in [0.1, 0.15) is 127 Å². The van der Waals surface area contributed by atoms with Gasteiger partial charge in [0.2, 0.25) is 0 Å². The molecule has 0 radical (unpaired) electrons. The van der Waals surface area contributed by atoms with E-state index < -0.39 is 0 Å². The van der Waals surface area contributed by atoms with Gasteiger partial charge in [0, 0.05) is 31.3 Å². The minimum Gasteiger partial charge on any atom is -0.311 e. The molecule has 0 spiro atoms. The van der Waals surface area contributed by atoms with Gasteiger partial charge in [0.1, 0.15) is 0 Å². The van der Waals surface area contributed by atoms with Crippen LogP contribution >= 0.6 is 22.7 Å². The Hall–Kier alpha value is -5.10. The van der Waals surface area contributed by atoms with Crippen LogP contribution in [0.5, 0.6) is 0 Å². The lowest BCUT2D eigenvalue weighted by molar-refractivity contribution is 0.589. The molecule has 4 heterocycles. The predicted octanol–water partition coefficient (Wildman–Crippen LogP) is 16.1. The number of nitrogens with zero attached hydrogens (tertiary/aromatic N) is 2. The van der Waals surface area contributed by atoms with Crippen molar-refractivity contribution in [3.8, 4) is 10.4 Å². The molecule has 2 aromatic heterocycles. The third-order valence-electron chi connectivity index (χ3n) is 14.1. The molecule has 5 heteroatoms. The molecule has 2 nitrogen and oxygen atoms in total. The van der Waals surface area contributed by atoms with E-state index in [0.717, 1.165) is 0 Å². The number of fused-ring (bicyclic) bond motifs is 7. The summed E-state index contributed by atoms with van der Waals surface area (Å²) in [5.41, 5.74) is 22.8. The minimum atomic E-state index is 0.0112. The Morgan fingerprint density at radius 3 is 1.62 bits per heavy atom. The molecule has 8 aromatic rings. The van der Waals surface area contributed by atoms with Gasteiger partial charge in [0.15, 0.2) is 0 Å². The van der Waals surface area contributed by atoms with E-state index in [4.69, 9.17) is 0 Å². The first-order chi connectivity index (χ1) is 30.1. The van der Waals surface area contributed by atoms with Crippen LogP contribution in [0, 0.1) is 27.7 Å². The van der Waals surface area contributed by atoms with Crippen molar-refractivity contribution in [3.05, 3.63) is 148 Å². The van der Waals surface area contributed by atoms with Gasteiger partial charge >= 0.3 is 0 Å². The van der Waals surface area contributed by atoms with E-state index in [-0.39, 0.29) is 23.0 Å². The molecule has 0 fully saturated rings. The van der Waals surface area contributed by atoms with Crippen LogP contribution in [0.25, 0.3) is 30.6 Å². The molecule has 2 aliphatic rings. The van der Waals surface area contributed by atoms with Gasteiger partial charge in [-0.15, -0.1) is 22.7 Å². The molecule has 6 aromatic carbocycles. The third kappa shape index (κ3) is 6.78. The second-order valence-corrected chi connectivity index (χ2v) is 24.5.